The number of hydrogen-bond acceptors (Lipinski definition) is 3. The first-order chi connectivity index (χ1) is 7.15. The Labute approximate surface area is 86.7 Å². The summed E-state index contributed by atoms with van der Waals surface area (Å²) >= 11 is 0. The number of rotatable bonds is 2. The minimum atomic E-state index is -0.550. The molecule has 4 nitrogen and oxygen atoms in total. The minimum absolute atomic E-state index is 0.0865. The van der Waals surface area contributed by atoms with Crippen LogP contribution >= 0.6 is 0 Å². The van der Waals surface area contributed by atoms with Crippen molar-refractivity contribution in [2.75, 3.05) is 0 Å². The lowest BCUT2D eigenvalue weighted by Crippen LogP contribution is -2.08. The Morgan fingerprint density at radius 1 is 1.53 bits per heavy atom. The molecular weight excluding hydrogens is 194 g/mol. The molecule has 1 aromatic carbocycles. The Bertz CT molecular complexity index is 455. The van der Waals surface area contributed by atoms with Crippen molar-refractivity contribution in [2.24, 2.45) is 5.73 Å². The summed E-state index contributed by atoms with van der Waals surface area (Å²) in [5, 5.41) is 9.41. The third-order valence-electron chi connectivity index (χ3n) is 1.68. The number of carbonyl (C=O) groups excluding carboxylic acids is 2. The second-order valence-corrected chi connectivity index (χ2v) is 2.80. The topological polar surface area (TPSA) is 80.4 Å². The van der Waals surface area contributed by atoms with Crippen LogP contribution < -0.4 is 5.73 Å². The molecule has 0 radical (unpaired) electrons. The molecule has 1 aromatic rings. The second kappa shape index (κ2) is 4.82. The van der Waals surface area contributed by atoms with E-state index in [1.807, 2.05) is 0 Å². The van der Waals surface area contributed by atoms with Gasteiger partial charge < -0.3 is 10.8 Å². The smallest absolute Gasteiger partial charge is 0.229 e. The Hall–Kier alpha value is -2.28. The van der Waals surface area contributed by atoms with Crippen molar-refractivity contribution in [2.45, 2.75) is 6.42 Å². The van der Waals surface area contributed by atoms with Gasteiger partial charge in [0.05, 0.1) is 12.0 Å². The Morgan fingerprint density at radius 2 is 2.27 bits per heavy atom. The SMILES string of the molecule is NC(=O)CC#Cc1c(O)cccc1C=O. The molecule has 0 aliphatic heterocycles. The van der Waals surface area contributed by atoms with Gasteiger partial charge in [-0.05, 0) is 6.07 Å². The summed E-state index contributed by atoms with van der Waals surface area (Å²) in [4.78, 5) is 21.0. The first kappa shape index (κ1) is 10.8. The summed E-state index contributed by atoms with van der Waals surface area (Å²) in [6, 6.07) is 4.49. The standard InChI is InChI=1S/C11H9NO3/c12-11(15)6-2-4-9-8(7-13)3-1-5-10(9)14/h1,3,5,7,14H,6H2,(H2,12,15). The highest BCUT2D eigenvalue weighted by Crippen LogP contribution is 2.18. The van der Waals surface area contributed by atoms with E-state index in [9.17, 15) is 14.7 Å². The number of primary amides is 1. The fraction of sp³-hybridized carbons (Fsp3) is 0.0909. The van der Waals surface area contributed by atoms with Gasteiger partial charge in [0.2, 0.25) is 5.91 Å². The molecule has 0 saturated heterocycles. The third kappa shape index (κ3) is 2.85. The van der Waals surface area contributed by atoms with Crippen LogP contribution in [0.15, 0.2) is 18.2 Å². The quantitative estimate of drug-likeness (QED) is 0.540. The lowest BCUT2D eigenvalue weighted by Gasteiger charge is -1.98. The van der Waals surface area contributed by atoms with Gasteiger partial charge in [-0.25, -0.2) is 0 Å². The summed E-state index contributed by atoms with van der Waals surface area (Å²) in [5.41, 5.74) is 5.39. The van der Waals surface area contributed by atoms with Crippen molar-refractivity contribution in [3.63, 3.8) is 0 Å². The monoisotopic (exact) mass is 203 g/mol. The van der Waals surface area contributed by atoms with Crippen LogP contribution in [0.5, 0.6) is 5.75 Å². The minimum Gasteiger partial charge on any atom is -0.507 e. The highest BCUT2D eigenvalue weighted by molar-refractivity contribution is 5.82. The van der Waals surface area contributed by atoms with E-state index in [4.69, 9.17) is 5.73 Å². The van der Waals surface area contributed by atoms with Crippen molar-refractivity contribution in [1.82, 2.24) is 0 Å². The maximum atomic E-state index is 10.6. The maximum absolute atomic E-state index is 10.6. The number of phenols is 1. The van der Waals surface area contributed by atoms with Crippen LogP contribution in [-0.2, 0) is 4.79 Å². The van der Waals surface area contributed by atoms with E-state index < -0.39 is 5.91 Å². The van der Waals surface area contributed by atoms with Crippen molar-refractivity contribution in [3.05, 3.63) is 29.3 Å². The van der Waals surface area contributed by atoms with Gasteiger partial charge in [-0.3, -0.25) is 9.59 Å². The number of phenolic OH excluding ortho intramolecular Hbond substituents is 1. The van der Waals surface area contributed by atoms with Crippen molar-refractivity contribution < 1.29 is 14.7 Å². The Morgan fingerprint density at radius 3 is 2.87 bits per heavy atom. The van der Waals surface area contributed by atoms with E-state index in [-0.39, 0.29) is 23.3 Å². The predicted molar refractivity (Wildman–Crippen MR) is 54.2 cm³/mol. The van der Waals surface area contributed by atoms with E-state index in [0.717, 1.165) is 0 Å². The fourth-order valence-electron chi connectivity index (χ4n) is 1.01. The molecule has 3 N–H and O–H groups in total. The van der Waals surface area contributed by atoms with Crippen LogP contribution in [0, 0.1) is 11.8 Å². The molecule has 76 valence electrons. The zero-order valence-corrected chi connectivity index (χ0v) is 7.86. The summed E-state index contributed by atoms with van der Waals surface area (Å²) in [6.45, 7) is 0. The highest BCUT2D eigenvalue weighted by Gasteiger charge is 2.03. The van der Waals surface area contributed by atoms with E-state index in [1.54, 1.807) is 6.07 Å². The molecule has 0 heterocycles. The summed E-state index contributed by atoms with van der Waals surface area (Å²) in [6.07, 6.45) is 0.487. The van der Waals surface area contributed by atoms with Gasteiger partial charge in [-0.15, -0.1) is 0 Å². The first-order valence-electron chi connectivity index (χ1n) is 4.19. The van der Waals surface area contributed by atoms with Crippen LogP contribution in [0.2, 0.25) is 0 Å². The van der Waals surface area contributed by atoms with Gasteiger partial charge in [-0.2, -0.15) is 0 Å². The van der Waals surface area contributed by atoms with Crippen LogP contribution in [0.1, 0.15) is 22.3 Å². The van der Waals surface area contributed by atoms with E-state index in [0.29, 0.717) is 6.29 Å². The molecule has 0 aliphatic rings. The lowest BCUT2D eigenvalue weighted by molar-refractivity contribution is -0.117. The molecule has 0 aromatic heterocycles. The van der Waals surface area contributed by atoms with Crippen molar-refractivity contribution >= 4 is 12.2 Å². The van der Waals surface area contributed by atoms with Crippen molar-refractivity contribution in [1.29, 1.82) is 0 Å². The van der Waals surface area contributed by atoms with Gasteiger partial charge in [0, 0.05) is 5.56 Å². The molecule has 0 spiro atoms. The van der Waals surface area contributed by atoms with Crippen LogP contribution in [0.3, 0.4) is 0 Å². The van der Waals surface area contributed by atoms with Gasteiger partial charge in [0.15, 0.2) is 6.29 Å². The summed E-state index contributed by atoms with van der Waals surface area (Å²) < 4.78 is 0. The van der Waals surface area contributed by atoms with E-state index in [1.165, 1.54) is 12.1 Å². The Kier molecular flexibility index (Phi) is 3.47. The number of aromatic hydroxyl groups is 1. The summed E-state index contributed by atoms with van der Waals surface area (Å²) in [7, 11) is 0. The van der Waals surface area contributed by atoms with Crippen LogP contribution in [0.25, 0.3) is 0 Å². The molecule has 0 aliphatic carbocycles. The van der Waals surface area contributed by atoms with Gasteiger partial charge in [0.1, 0.15) is 5.75 Å². The van der Waals surface area contributed by atoms with Gasteiger partial charge in [0.25, 0.3) is 0 Å². The number of amides is 1. The normalized spacial score (nSPS) is 8.80. The fourth-order valence-corrected chi connectivity index (χ4v) is 1.01. The average molecular weight is 203 g/mol. The first-order valence-corrected chi connectivity index (χ1v) is 4.19. The molecule has 0 unspecified atom stereocenters. The number of benzene rings is 1. The van der Waals surface area contributed by atoms with Crippen LogP contribution in [-0.4, -0.2) is 17.3 Å². The van der Waals surface area contributed by atoms with Gasteiger partial charge >= 0.3 is 0 Å². The molecule has 0 bridgehead atoms. The summed E-state index contributed by atoms with van der Waals surface area (Å²) in [5.74, 6) is 4.37. The highest BCUT2D eigenvalue weighted by atomic mass is 16.3. The molecule has 0 atom stereocenters. The zero-order valence-electron chi connectivity index (χ0n) is 7.86. The largest absolute Gasteiger partial charge is 0.507 e. The van der Waals surface area contributed by atoms with Crippen molar-refractivity contribution in [3.8, 4) is 17.6 Å². The number of nitrogens with two attached hydrogens (primary N) is 1. The molecule has 4 heteroatoms. The van der Waals surface area contributed by atoms with Crippen LogP contribution in [0.4, 0.5) is 0 Å². The van der Waals surface area contributed by atoms with Gasteiger partial charge in [-0.1, -0.05) is 24.0 Å². The van der Waals surface area contributed by atoms with E-state index >= 15 is 0 Å². The zero-order chi connectivity index (χ0) is 11.3. The molecule has 0 saturated carbocycles. The maximum Gasteiger partial charge on any atom is 0.229 e. The number of carbonyl (C=O) groups is 2. The third-order valence-corrected chi connectivity index (χ3v) is 1.68. The predicted octanol–water partition coefficient (Wildman–Crippen LogP) is 0.432. The number of aldehydes is 1. The lowest BCUT2D eigenvalue weighted by atomic mass is 10.1. The molecule has 0 fully saturated rings. The molecule has 1 rings (SSSR count). The molecule has 1 amide bonds. The second-order valence-electron chi connectivity index (χ2n) is 2.80. The average Bonchev–Trinajstić information content (AvgIpc) is 2.20. The molecule has 15 heavy (non-hydrogen) atoms. The molecular formula is C11H9NO3. The van der Waals surface area contributed by atoms with E-state index in [2.05, 4.69) is 11.8 Å². The number of hydrogen-bond donors (Lipinski definition) is 2. The Balaban J connectivity index is 3.05.